The van der Waals surface area contributed by atoms with Crippen molar-refractivity contribution in [1.29, 1.82) is 0 Å². The Hall–Kier alpha value is -1.71. The van der Waals surface area contributed by atoms with Gasteiger partial charge in [-0.05, 0) is 32.8 Å². The van der Waals surface area contributed by atoms with Gasteiger partial charge in [-0.15, -0.1) is 5.10 Å². The summed E-state index contributed by atoms with van der Waals surface area (Å²) < 4.78 is 7.26. The van der Waals surface area contributed by atoms with E-state index >= 15 is 0 Å². The Bertz CT molecular complexity index is 858. The number of aromatic nitrogens is 4. The van der Waals surface area contributed by atoms with Gasteiger partial charge in [0.1, 0.15) is 0 Å². The zero-order valence-electron chi connectivity index (χ0n) is 17.3. The van der Waals surface area contributed by atoms with E-state index < -0.39 is 0 Å². The van der Waals surface area contributed by atoms with Crippen LogP contribution in [0.2, 0.25) is 0 Å². The number of morpholine rings is 1. The van der Waals surface area contributed by atoms with Gasteiger partial charge in [0.2, 0.25) is 11.1 Å². The minimum atomic E-state index is 0.0351. The van der Waals surface area contributed by atoms with Crippen LogP contribution in [0.4, 0.5) is 0 Å². The molecular formula is C20H30N6O2S. The first-order valence-corrected chi connectivity index (χ1v) is 11.5. The van der Waals surface area contributed by atoms with Crippen LogP contribution in [0.25, 0.3) is 5.78 Å². The van der Waals surface area contributed by atoms with E-state index in [-0.39, 0.29) is 11.4 Å². The summed E-state index contributed by atoms with van der Waals surface area (Å²) >= 11 is 1.36. The molecular weight excluding hydrogens is 388 g/mol. The van der Waals surface area contributed by atoms with Gasteiger partial charge in [0.05, 0.1) is 19.0 Å². The molecule has 4 rings (SSSR count). The molecule has 0 bridgehead atoms. The van der Waals surface area contributed by atoms with Crippen molar-refractivity contribution in [3.8, 4) is 0 Å². The summed E-state index contributed by atoms with van der Waals surface area (Å²) in [6, 6.07) is 1.97. The smallest absolute Gasteiger partial charge is 0.253 e. The highest BCUT2D eigenvalue weighted by Gasteiger charge is 2.38. The molecule has 3 heterocycles. The summed E-state index contributed by atoms with van der Waals surface area (Å²) in [5.74, 6) is 0.931. The average molecular weight is 419 g/mol. The maximum absolute atomic E-state index is 12.6. The van der Waals surface area contributed by atoms with Crippen molar-refractivity contribution in [1.82, 2.24) is 29.8 Å². The predicted octanol–water partition coefficient (Wildman–Crippen LogP) is 1.98. The fraction of sp³-hybridized carbons (Fsp3) is 0.700. The Morgan fingerprint density at radius 3 is 2.72 bits per heavy atom. The molecule has 9 heteroatoms. The number of carbonyl (C=O) groups excluding carboxylic acids is 1. The second-order valence-corrected chi connectivity index (χ2v) is 9.04. The molecule has 8 nitrogen and oxygen atoms in total. The van der Waals surface area contributed by atoms with Gasteiger partial charge in [-0.1, -0.05) is 31.0 Å². The van der Waals surface area contributed by atoms with Gasteiger partial charge >= 0.3 is 0 Å². The molecule has 158 valence electrons. The summed E-state index contributed by atoms with van der Waals surface area (Å²) in [7, 11) is 0. The molecule has 0 unspecified atom stereocenters. The zero-order chi connectivity index (χ0) is 20.3. The number of rotatable bonds is 6. The lowest BCUT2D eigenvalue weighted by Gasteiger charge is -2.48. The van der Waals surface area contributed by atoms with E-state index in [1.165, 1.54) is 31.0 Å². The van der Waals surface area contributed by atoms with Gasteiger partial charge in [0.25, 0.3) is 5.78 Å². The van der Waals surface area contributed by atoms with Crippen molar-refractivity contribution in [3.63, 3.8) is 0 Å². The third kappa shape index (κ3) is 4.73. The predicted molar refractivity (Wildman–Crippen MR) is 112 cm³/mol. The summed E-state index contributed by atoms with van der Waals surface area (Å²) in [6.45, 7) is 8.13. The van der Waals surface area contributed by atoms with Crippen LogP contribution in [0.1, 0.15) is 43.5 Å². The Labute approximate surface area is 175 Å². The molecule has 0 radical (unpaired) electrons. The highest BCUT2D eigenvalue weighted by atomic mass is 32.2. The molecule has 2 aromatic rings. The largest absolute Gasteiger partial charge is 0.379 e. The molecule has 1 amide bonds. The molecule has 0 atom stereocenters. The summed E-state index contributed by atoms with van der Waals surface area (Å²) in [6.07, 6.45) is 6.07. The van der Waals surface area contributed by atoms with E-state index in [0.717, 1.165) is 50.5 Å². The zero-order valence-corrected chi connectivity index (χ0v) is 18.1. The van der Waals surface area contributed by atoms with Crippen molar-refractivity contribution < 1.29 is 9.53 Å². The minimum absolute atomic E-state index is 0.0351. The Kier molecular flexibility index (Phi) is 6.36. The second kappa shape index (κ2) is 8.97. The van der Waals surface area contributed by atoms with E-state index in [1.54, 1.807) is 4.52 Å². The van der Waals surface area contributed by atoms with Gasteiger partial charge in [-0.25, -0.2) is 9.50 Å². The van der Waals surface area contributed by atoms with E-state index in [2.05, 4.69) is 25.3 Å². The molecule has 1 saturated heterocycles. The summed E-state index contributed by atoms with van der Waals surface area (Å²) in [5, 5.41) is 8.25. The summed E-state index contributed by atoms with van der Waals surface area (Å²) in [4.78, 5) is 24.0. The molecule has 1 aliphatic carbocycles. The monoisotopic (exact) mass is 418 g/mol. The number of nitrogens with one attached hydrogen (secondary N) is 1. The molecule has 0 spiro atoms. The highest BCUT2D eigenvalue weighted by Crippen LogP contribution is 2.34. The fourth-order valence-electron chi connectivity index (χ4n) is 4.51. The third-order valence-corrected chi connectivity index (χ3v) is 6.85. The SMILES string of the molecule is Cc1cc(C)n2nc(SCC(=O)NCC3(N4CCOCC4)CCCCC3)nc2n1. The fourth-order valence-corrected chi connectivity index (χ4v) is 5.15. The number of ether oxygens (including phenoxy) is 1. The number of thioether (sulfide) groups is 1. The number of aryl methyl sites for hydroxylation is 2. The van der Waals surface area contributed by atoms with Crippen LogP contribution in [0.5, 0.6) is 0 Å². The van der Waals surface area contributed by atoms with Gasteiger partial charge < -0.3 is 10.1 Å². The first-order valence-electron chi connectivity index (χ1n) is 10.5. The Balaban J connectivity index is 1.34. The lowest BCUT2D eigenvalue weighted by Crippen LogP contribution is -2.59. The van der Waals surface area contributed by atoms with Crippen LogP contribution in [0, 0.1) is 13.8 Å². The quantitative estimate of drug-likeness (QED) is 0.718. The highest BCUT2D eigenvalue weighted by molar-refractivity contribution is 7.99. The normalized spacial score (nSPS) is 20.1. The summed E-state index contributed by atoms with van der Waals surface area (Å²) in [5.41, 5.74) is 1.99. The van der Waals surface area contributed by atoms with Crippen molar-refractivity contribution in [2.45, 2.75) is 56.6 Å². The maximum Gasteiger partial charge on any atom is 0.253 e. The Morgan fingerprint density at radius 1 is 1.21 bits per heavy atom. The molecule has 1 aliphatic heterocycles. The molecule has 0 aromatic carbocycles. The Morgan fingerprint density at radius 2 is 1.97 bits per heavy atom. The molecule has 1 N–H and O–H groups in total. The van der Waals surface area contributed by atoms with Crippen molar-refractivity contribution in [2.24, 2.45) is 0 Å². The topological polar surface area (TPSA) is 84.7 Å². The third-order valence-electron chi connectivity index (χ3n) is 6.01. The minimum Gasteiger partial charge on any atom is -0.379 e. The van der Waals surface area contributed by atoms with Crippen molar-refractivity contribution in [3.05, 3.63) is 17.5 Å². The van der Waals surface area contributed by atoms with Crippen molar-refractivity contribution >= 4 is 23.4 Å². The first kappa shape index (κ1) is 20.6. The number of carbonyl (C=O) groups is 1. The van der Waals surface area contributed by atoms with Crippen LogP contribution in [-0.2, 0) is 9.53 Å². The molecule has 2 aromatic heterocycles. The molecule has 2 fully saturated rings. The average Bonchev–Trinajstić information content (AvgIpc) is 3.15. The molecule has 2 aliphatic rings. The number of nitrogens with zero attached hydrogens (tertiary/aromatic N) is 5. The number of fused-ring (bicyclic) bond motifs is 1. The lowest BCUT2D eigenvalue weighted by molar-refractivity contribution is -0.119. The van der Waals surface area contributed by atoms with E-state index in [4.69, 9.17) is 4.74 Å². The van der Waals surface area contributed by atoms with Crippen LogP contribution in [0.15, 0.2) is 11.2 Å². The van der Waals surface area contributed by atoms with Gasteiger partial charge in [0, 0.05) is 36.6 Å². The number of amides is 1. The van der Waals surface area contributed by atoms with Crippen LogP contribution in [-0.4, -0.2) is 74.5 Å². The molecule has 1 saturated carbocycles. The van der Waals surface area contributed by atoms with E-state index in [9.17, 15) is 4.79 Å². The maximum atomic E-state index is 12.6. The number of hydrogen-bond donors (Lipinski definition) is 1. The van der Waals surface area contributed by atoms with Crippen LogP contribution >= 0.6 is 11.8 Å². The van der Waals surface area contributed by atoms with Crippen LogP contribution < -0.4 is 5.32 Å². The van der Waals surface area contributed by atoms with Gasteiger partial charge in [-0.2, -0.15) is 4.98 Å². The van der Waals surface area contributed by atoms with Crippen LogP contribution in [0.3, 0.4) is 0 Å². The van der Waals surface area contributed by atoms with E-state index in [1.807, 2.05) is 19.9 Å². The lowest BCUT2D eigenvalue weighted by atomic mass is 9.79. The van der Waals surface area contributed by atoms with Gasteiger partial charge in [0.15, 0.2) is 0 Å². The van der Waals surface area contributed by atoms with Crippen molar-refractivity contribution in [2.75, 3.05) is 38.6 Å². The molecule has 29 heavy (non-hydrogen) atoms. The van der Waals surface area contributed by atoms with E-state index in [0.29, 0.717) is 23.2 Å². The van der Waals surface area contributed by atoms with Gasteiger partial charge in [-0.3, -0.25) is 9.69 Å². The second-order valence-electron chi connectivity index (χ2n) is 8.09. The standard InChI is InChI=1S/C20H30N6O2S/c1-15-12-16(2)26-18(22-15)23-19(24-26)29-13-17(27)21-14-20(6-4-3-5-7-20)25-8-10-28-11-9-25/h12H,3-11,13-14H2,1-2H3,(H,21,27). The first-order chi connectivity index (χ1) is 14.1. The number of hydrogen-bond acceptors (Lipinski definition) is 7.